The molecule has 1 amide bonds. The number of halogens is 2. The molecule has 2 atom stereocenters. The standard InChI is InChI=1S/C16H17Cl2NO/c17-13-8-7-10(9-14(13)18)19-16(20)15-11-5-3-1-2-4-6-12(11)15/h1-2,7-9,11-12,15H,3-6H2,(H,19,20)/b2-1-/t11-,12-/m0/s1. The van der Waals surface area contributed by atoms with Crippen LogP contribution < -0.4 is 5.32 Å². The number of benzene rings is 1. The van der Waals surface area contributed by atoms with Crippen molar-refractivity contribution in [2.24, 2.45) is 17.8 Å². The number of carbonyl (C=O) groups is 1. The van der Waals surface area contributed by atoms with Crippen LogP contribution in [0, 0.1) is 17.8 Å². The highest BCUT2D eigenvalue weighted by Gasteiger charge is 2.53. The third-order valence-electron chi connectivity index (χ3n) is 4.32. The van der Waals surface area contributed by atoms with Gasteiger partial charge in [-0.05, 0) is 55.7 Å². The first-order valence-corrected chi connectivity index (χ1v) is 7.83. The second kappa shape index (κ2) is 5.79. The number of fused-ring (bicyclic) bond motifs is 1. The molecule has 1 aromatic carbocycles. The maximum Gasteiger partial charge on any atom is 0.228 e. The van der Waals surface area contributed by atoms with Crippen LogP contribution in [-0.4, -0.2) is 5.91 Å². The Morgan fingerprint density at radius 2 is 1.70 bits per heavy atom. The molecule has 106 valence electrons. The van der Waals surface area contributed by atoms with Crippen LogP contribution in [0.3, 0.4) is 0 Å². The molecule has 20 heavy (non-hydrogen) atoms. The number of hydrogen-bond donors (Lipinski definition) is 1. The van der Waals surface area contributed by atoms with Gasteiger partial charge in [-0.15, -0.1) is 0 Å². The van der Waals surface area contributed by atoms with E-state index in [0.717, 1.165) is 31.4 Å². The summed E-state index contributed by atoms with van der Waals surface area (Å²) in [7, 11) is 0. The lowest BCUT2D eigenvalue weighted by atomic mass is 10.1. The van der Waals surface area contributed by atoms with Gasteiger partial charge in [0, 0.05) is 11.6 Å². The van der Waals surface area contributed by atoms with Crippen LogP contribution in [0.15, 0.2) is 30.4 Å². The Bertz CT molecular complexity index is 539. The van der Waals surface area contributed by atoms with Crippen molar-refractivity contribution < 1.29 is 4.79 Å². The number of rotatable bonds is 2. The minimum absolute atomic E-state index is 0.125. The molecule has 0 spiro atoms. The summed E-state index contributed by atoms with van der Waals surface area (Å²) >= 11 is 11.8. The van der Waals surface area contributed by atoms with E-state index in [1.54, 1.807) is 18.2 Å². The summed E-state index contributed by atoms with van der Waals surface area (Å²) in [6, 6.07) is 5.20. The van der Waals surface area contributed by atoms with Crippen molar-refractivity contribution in [2.45, 2.75) is 25.7 Å². The molecule has 2 aliphatic carbocycles. The molecule has 1 N–H and O–H groups in total. The number of allylic oxidation sites excluding steroid dienone is 2. The van der Waals surface area contributed by atoms with Crippen LogP contribution in [-0.2, 0) is 4.79 Å². The van der Waals surface area contributed by atoms with E-state index in [1.165, 1.54) is 0 Å². The van der Waals surface area contributed by atoms with Gasteiger partial charge in [0.2, 0.25) is 5.91 Å². The summed E-state index contributed by atoms with van der Waals surface area (Å²) in [5.74, 6) is 1.41. The average molecular weight is 310 g/mol. The molecule has 0 bridgehead atoms. The second-order valence-electron chi connectivity index (χ2n) is 5.60. The van der Waals surface area contributed by atoms with Gasteiger partial charge in [-0.1, -0.05) is 35.4 Å². The molecular weight excluding hydrogens is 293 g/mol. The maximum absolute atomic E-state index is 12.4. The van der Waals surface area contributed by atoms with Crippen molar-refractivity contribution >= 4 is 34.8 Å². The number of carbonyl (C=O) groups excluding carboxylic acids is 1. The van der Waals surface area contributed by atoms with Crippen LogP contribution in [0.5, 0.6) is 0 Å². The molecule has 0 heterocycles. The molecule has 0 unspecified atom stereocenters. The van der Waals surface area contributed by atoms with Gasteiger partial charge in [-0.3, -0.25) is 4.79 Å². The Hall–Kier alpha value is -0.990. The molecule has 1 aromatic rings. The molecule has 4 heteroatoms. The average Bonchev–Trinajstić information content (AvgIpc) is 3.05. The lowest BCUT2D eigenvalue weighted by Gasteiger charge is -2.06. The normalized spacial score (nSPS) is 29.8. The van der Waals surface area contributed by atoms with E-state index in [4.69, 9.17) is 23.2 Å². The monoisotopic (exact) mass is 309 g/mol. The zero-order valence-corrected chi connectivity index (χ0v) is 12.6. The molecule has 0 aromatic heterocycles. The Balaban J connectivity index is 1.64. The SMILES string of the molecule is O=C(Nc1ccc(Cl)c(Cl)c1)C1[C@H]2CC/C=C\CC[C@H]12. The predicted molar refractivity (Wildman–Crippen MR) is 83.2 cm³/mol. The van der Waals surface area contributed by atoms with Crippen LogP contribution in [0.4, 0.5) is 5.69 Å². The first-order chi connectivity index (χ1) is 9.66. The van der Waals surface area contributed by atoms with E-state index in [2.05, 4.69) is 17.5 Å². The van der Waals surface area contributed by atoms with E-state index >= 15 is 0 Å². The van der Waals surface area contributed by atoms with Gasteiger partial charge in [-0.25, -0.2) is 0 Å². The van der Waals surface area contributed by atoms with Gasteiger partial charge >= 0.3 is 0 Å². The highest BCUT2D eigenvalue weighted by Crippen LogP contribution is 2.53. The van der Waals surface area contributed by atoms with Gasteiger partial charge in [0.15, 0.2) is 0 Å². The van der Waals surface area contributed by atoms with Crippen LogP contribution in [0.25, 0.3) is 0 Å². The third-order valence-corrected chi connectivity index (χ3v) is 5.06. The smallest absolute Gasteiger partial charge is 0.228 e. The van der Waals surface area contributed by atoms with E-state index in [-0.39, 0.29) is 11.8 Å². The fraction of sp³-hybridized carbons (Fsp3) is 0.438. The predicted octanol–water partition coefficient (Wildman–Crippen LogP) is 4.92. The van der Waals surface area contributed by atoms with Crippen molar-refractivity contribution in [3.8, 4) is 0 Å². The number of amides is 1. The Kier molecular flexibility index (Phi) is 4.04. The van der Waals surface area contributed by atoms with Crippen LogP contribution >= 0.6 is 23.2 Å². The summed E-state index contributed by atoms with van der Waals surface area (Å²) in [6.45, 7) is 0. The third kappa shape index (κ3) is 2.87. The minimum Gasteiger partial charge on any atom is -0.326 e. The molecule has 3 rings (SSSR count). The fourth-order valence-electron chi connectivity index (χ4n) is 3.23. The summed E-state index contributed by atoms with van der Waals surface area (Å²) in [4.78, 5) is 12.4. The number of hydrogen-bond acceptors (Lipinski definition) is 1. The molecule has 1 saturated carbocycles. The molecule has 0 saturated heterocycles. The van der Waals surface area contributed by atoms with Crippen molar-refractivity contribution in [1.82, 2.24) is 0 Å². The number of nitrogens with one attached hydrogen (secondary N) is 1. The van der Waals surface area contributed by atoms with E-state index in [9.17, 15) is 4.79 Å². The van der Waals surface area contributed by atoms with Gasteiger partial charge < -0.3 is 5.32 Å². The van der Waals surface area contributed by atoms with Crippen molar-refractivity contribution in [3.63, 3.8) is 0 Å². The summed E-state index contributed by atoms with van der Waals surface area (Å²) in [6.07, 6.45) is 8.92. The second-order valence-corrected chi connectivity index (χ2v) is 6.41. The Labute approximate surface area is 129 Å². The highest BCUT2D eigenvalue weighted by atomic mass is 35.5. The minimum atomic E-state index is 0.125. The van der Waals surface area contributed by atoms with Gasteiger partial charge in [0.05, 0.1) is 10.0 Å². The molecule has 1 fully saturated rings. The van der Waals surface area contributed by atoms with Crippen molar-refractivity contribution in [3.05, 3.63) is 40.4 Å². The van der Waals surface area contributed by atoms with E-state index in [1.807, 2.05) is 0 Å². The summed E-state index contributed by atoms with van der Waals surface area (Å²) in [5.41, 5.74) is 0.724. The lowest BCUT2D eigenvalue weighted by Crippen LogP contribution is -2.15. The molecule has 2 nitrogen and oxygen atoms in total. The molecule has 0 aliphatic heterocycles. The maximum atomic E-state index is 12.4. The quantitative estimate of drug-likeness (QED) is 0.771. The Morgan fingerprint density at radius 3 is 2.30 bits per heavy atom. The molecule has 2 aliphatic rings. The van der Waals surface area contributed by atoms with Crippen LogP contribution in [0.1, 0.15) is 25.7 Å². The van der Waals surface area contributed by atoms with Crippen LogP contribution in [0.2, 0.25) is 10.0 Å². The van der Waals surface area contributed by atoms with Gasteiger partial charge in [0.1, 0.15) is 0 Å². The fourth-order valence-corrected chi connectivity index (χ4v) is 3.53. The van der Waals surface area contributed by atoms with Crippen molar-refractivity contribution in [2.75, 3.05) is 5.32 Å². The first-order valence-electron chi connectivity index (χ1n) is 7.08. The van der Waals surface area contributed by atoms with E-state index in [0.29, 0.717) is 21.9 Å². The zero-order valence-electron chi connectivity index (χ0n) is 11.1. The largest absolute Gasteiger partial charge is 0.326 e. The molecule has 0 radical (unpaired) electrons. The topological polar surface area (TPSA) is 29.1 Å². The lowest BCUT2D eigenvalue weighted by molar-refractivity contribution is -0.117. The molecular formula is C16H17Cl2NO. The zero-order chi connectivity index (χ0) is 14.1. The van der Waals surface area contributed by atoms with Crippen molar-refractivity contribution in [1.29, 1.82) is 0 Å². The summed E-state index contributed by atoms with van der Waals surface area (Å²) < 4.78 is 0. The Morgan fingerprint density at radius 1 is 1.05 bits per heavy atom. The first kappa shape index (κ1) is 14.0. The summed E-state index contributed by atoms with van der Waals surface area (Å²) in [5, 5.41) is 3.94. The van der Waals surface area contributed by atoms with Gasteiger partial charge in [-0.2, -0.15) is 0 Å². The number of anilines is 1. The highest BCUT2D eigenvalue weighted by molar-refractivity contribution is 6.42. The van der Waals surface area contributed by atoms with E-state index < -0.39 is 0 Å². The van der Waals surface area contributed by atoms with Gasteiger partial charge in [0.25, 0.3) is 0 Å².